The van der Waals surface area contributed by atoms with Crippen molar-refractivity contribution in [3.8, 4) is 22.5 Å². The van der Waals surface area contributed by atoms with Crippen LogP contribution in [0.5, 0.6) is 0 Å². The Morgan fingerprint density at radius 2 is 1.16 bits per heavy atom. The van der Waals surface area contributed by atoms with E-state index in [1.807, 2.05) is 0 Å². The van der Waals surface area contributed by atoms with E-state index in [1.165, 1.54) is 59.1 Å². The Labute approximate surface area is 191 Å². The second-order valence-corrected chi connectivity index (χ2v) is 12.1. The molecule has 9 rings (SSSR count). The van der Waals surface area contributed by atoms with Crippen molar-refractivity contribution >= 4 is 0 Å². The molecular formula is C30H32N2. The average molecular weight is 421 g/mol. The van der Waals surface area contributed by atoms with Gasteiger partial charge in [0.15, 0.2) is 0 Å². The zero-order valence-corrected chi connectivity index (χ0v) is 19.7. The van der Waals surface area contributed by atoms with Crippen molar-refractivity contribution in [3.05, 3.63) is 71.0 Å². The number of nitrogens with zero attached hydrogens (tertiary/aromatic N) is 2. The van der Waals surface area contributed by atoms with Crippen molar-refractivity contribution in [2.24, 2.45) is 22.7 Å². The molecule has 2 fully saturated rings. The van der Waals surface area contributed by atoms with Crippen LogP contribution in [0.15, 0.2) is 48.8 Å². The van der Waals surface area contributed by atoms with E-state index in [2.05, 4.69) is 76.5 Å². The molecule has 2 nitrogen and oxygen atoms in total. The predicted octanol–water partition coefficient (Wildman–Crippen LogP) is 7.18. The molecule has 2 saturated carbocycles. The minimum Gasteiger partial charge on any atom is -0.256 e. The fourth-order valence-electron chi connectivity index (χ4n) is 7.46. The molecule has 3 aromatic rings. The van der Waals surface area contributed by atoms with Gasteiger partial charge in [-0.2, -0.15) is 0 Å². The van der Waals surface area contributed by atoms with Gasteiger partial charge in [-0.25, -0.2) is 0 Å². The first-order valence-corrected chi connectivity index (χ1v) is 12.4. The average Bonchev–Trinajstić information content (AvgIpc) is 2.82. The van der Waals surface area contributed by atoms with E-state index in [1.54, 1.807) is 0 Å². The van der Waals surface area contributed by atoms with Gasteiger partial charge in [-0.1, -0.05) is 45.9 Å². The second kappa shape index (κ2) is 6.10. The Kier molecular flexibility index (Phi) is 3.63. The maximum atomic E-state index is 4.92. The van der Waals surface area contributed by atoms with Gasteiger partial charge in [0.1, 0.15) is 0 Å². The van der Waals surface area contributed by atoms with E-state index in [9.17, 15) is 0 Å². The van der Waals surface area contributed by atoms with E-state index < -0.39 is 0 Å². The van der Waals surface area contributed by atoms with Gasteiger partial charge in [0.25, 0.3) is 0 Å². The van der Waals surface area contributed by atoms with Gasteiger partial charge >= 0.3 is 0 Å². The topological polar surface area (TPSA) is 25.8 Å². The molecule has 0 spiro atoms. The number of benzene rings is 1. The molecule has 0 radical (unpaired) electrons. The maximum absolute atomic E-state index is 4.92. The van der Waals surface area contributed by atoms with E-state index in [-0.39, 0.29) is 0 Å². The van der Waals surface area contributed by atoms with E-state index in [0.29, 0.717) is 22.7 Å². The lowest BCUT2D eigenvalue weighted by Gasteiger charge is -2.57. The highest BCUT2D eigenvalue weighted by Gasteiger charge is 2.53. The van der Waals surface area contributed by atoms with Crippen LogP contribution >= 0.6 is 0 Å². The predicted molar refractivity (Wildman–Crippen MR) is 130 cm³/mol. The summed E-state index contributed by atoms with van der Waals surface area (Å²) in [6.07, 6.45) is 9.45. The van der Waals surface area contributed by atoms with Crippen LogP contribution in [0.2, 0.25) is 0 Å². The van der Waals surface area contributed by atoms with Gasteiger partial charge in [0.05, 0.1) is 11.4 Å². The molecule has 2 heterocycles. The van der Waals surface area contributed by atoms with Crippen LogP contribution in [0.1, 0.15) is 74.6 Å². The lowest BCUT2D eigenvalue weighted by atomic mass is 9.47. The third-order valence-electron chi connectivity index (χ3n) is 10.1. The quantitative estimate of drug-likeness (QED) is 0.439. The molecule has 162 valence electrons. The molecule has 32 heavy (non-hydrogen) atoms. The van der Waals surface area contributed by atoms with Crippen molar-refractivity contribution in [1.29, 1.82) is 0 Å². The van der Waals surface area contributed by atoms with Gasteiger partial charge < -0.3 is 0 Å². The largest absolute Gasteiger partial charge is 0.256 e. The molecule has 4 bridgehead atoms. The molecule has 0 amide bonds. The fourth-order valence-corrected chi connectivity index (χ4v) is 7.46. The molecule has 1 aromatic carbocycles. The summed E-state index contributed by atoms with van der Waals surface area (Å²) in [5, 5.41) is 0. The lowest BCUT2D eigenvalue weighted by molar-refractivity contribution is 0.0183. The second-order valence-electron chi connectivity index (χ2n) is 12.1. The number of rotatable bonds is 2. The van der Waals surface area contributed by atoms with Crippen molar-refractivity contribution in [3.63, 3.8) is 0 Å². The molecule has 6 aliphatic rings. The Bertz CT molecular complexity index is 1170. The van der Waals surface area contributed by atoms with Gasteiger partial charge in [-0.05, 0) is 101 Å². The summed E-state index contributed by atoms with van der Waals surface area (Å²) in [4.78, 5) is 9.84. The minimum atomic E-state index is 0.448. The molecule has 0 N–H and O–H groups in total. The normalized spacial score (nSPS) is 29.9. The molecule has 0 aliphatic heterocycles. The summed E-state index contributed by atoms with van der Waals surface area (Å²) in [5.74, 6) is 3.05. The van der Waals surface area contributed by atoms with Crippen molar-refractivity contribution in [2.75, 3.05) is 0 Å². The highest BCUT2D eigenvalue weighted by Crippen LogP contribution is 2.63. The standard InChI is InChI=1S/C30H32N2/c1-29(2)21-9-19-11-27(31-15-23(19)25(29)13-21)17-6-5-7-18(8-17)28-12-20-10-22-14-26(30(22,3)4)24(20)16-32-28/h5-8,11-12,15-16,21-22,25-26H,9-10,13-14H2,1-4H3. The summed E-state index contributed by atoms with van der Waals surface area (Å²) in [7, 11) is 0. The van der Waals surface area contributed by atoms with Gasteiger partial charge in [0.2, 0.25) is 0 Å². The number of hydrogen-bond acceptors (Lipinski definition) is 2. The van der Waals surface area contributed by atoms with Crippen LogP contribution in [0.4, 0.5) is 0 Å². The highest BCUT2D eigenvalue weighted by atomic mass is 14.7. The summed E-state index contributed by atoms with van der Waals surface area (Å²) in [6.45, 7) is 9.73. The van der Waals surface area contributed by atoms with Crippen molar-refractivity contribution in [1.82, 2.24) is 9.97 Å². The zero-order chi connectivity index (χ0) is 21.8. The van der Waals surface area contributed by atoms with Crippen LogP contribution in [-0.4, -0.2) is 9.97 Å². The summed E-state index contributed by atoms with van der Waals surface area (Å²) in [6, 6.07) is 13.6. The minimum absolute atomic E-state index is 0.448. The third-order valence-corrected chi connectivity index (χ3v) is 10.1. The van der Waals surface area contributed by atoms with Crippen molar-refractivity contribution < 1.29 is 0 Å². The molecular weight excluding hydrogens is 388 g/mol. The third kappa shape index (κ3) is 2.42. The van der Waals surface area contributed by atoms with E-state index in [0.717, 1.165) is 23.2 Å². The molecule has 6 aliphatic carbocycles. The summed E-state index contributed by atoms with van der Waals surface area (Å²) < 4.78 is 0. The van der Waals surface area contributed by atoms with Crippen LogP contribution in [-0.2, 0) is 12.8 Å². The van der Waals surface area contributed by atoms with Crippen LogP contribution in [0.25, 0.3) is 22.5 Å². The Morgan fingerprint density at radius 1 is 0.688 bits per heavy atom. The molecule has 2 heteroatoms. The molecule has 0 saturated heterocycles. The first-order valence-electron chi connectivity index (χ1n) is 12.4. The first kappa shape index (κ1) is 19.0. The number of aromatic nitrogens is 2. The molecule has 2 aromatic heterocycles. The molecule has 4 atom stereocenters. The number of pyridine rings is 2. The fraction of sp³-hybridized carbons (Fsp3) is 0.467. The first-order chi connectivity index (χ1) is 15.3. The van der Waals surface area contributed by atoms with Crippen LogP contribution < -0.4 is 0 Å². The van der Waals surface area contributed by atoms with Gasteiger partial charge in [-0.15, -0.1) is 0 Å². The lowest BCUT2D eigenvalue weighted by Crippen LogP contribution is -2.48. The number of hydrogen-bond donors (Lipinski definition) is 0. The van der Waals surface area contributed by atoms with Gasteiger partial charge in [0, 0.05) is 23.5 Å². The Balaban J connectivity index is 1.22. The van der Waals surface area contributed by atoms with Crippen molar-refractivity contribution in [2.45, 2.75) is 65.2 Å². The monoisotopic (exact) mass is 420 g/mol. The van der Waals surface area contributed by atoms with Crippen LogP contribution in [0, 0.1) is 22.7 Å². The Morgan fingerprint density at radius 3 is 1.59 bits per heavy atom. The smallest absolute Gasteiger partial charge is 0.0705 e. The Hall–Kier alpha value is -2.48. The van der Waals surface area contributed by atoms with E-state index >= 15 is 0 Å². The molecule has 4 unspecified atom stereocenters. The maximum Gasteiger partial charge on any atom is 0.0705 e. The summed E-state index contributed by atoms with van der Waals surface area (Å²) in [5.41, 5.74) is 11.5. The zero-order valence-electron chi connectivity index (χ0n) is 19.7. The summed E-state index contributed by atoms with van der Waals surface area (Å²) >= 11 is 0. The SMILES string of the molecule is CC1(C)C2Cc3cc(-c4cccc(-c5cc6c(cn5)C5CC(C6)C5(C)C)c4)ncc3C1C2. The highest BCUT2D eigenvalue weighted by molar-refractivity contribution is 5.71. The van der Waals surface area contributed by atoms with Crippen LogP contribution in [0.3, 0.4) is 0 Å². The van der Waals surface area contributed by atoms with Gasteiger partial charge in [-0.3, -0.25) is 9.97 Å². The van der Waals surface area contributed by atoms with E-state index in [4.69, 9.17) is 9.97 Å².